The number of nitrogens with zero attached hydrogens (tertiary/aromatic N) is 3. The van der Waals surface area contributed by atoms with Crippen molar-refractivity contribution in [3.05, 3.63) is 132 Å². The second kappa shape index (κ2) is 11.1. The zero-order valence-corrected chi connectivity index (χ0v) is 21.8. The number of carbonyl (C=O) groups is 1. The zero-order valence-electron chi connectivity index (χ0n) is 21.0. The third-order valence-corrected chi connectivity index (χ3v) is 7.14. The first-order valence-electron chi connectivity index (χ1n) is 12.0. The number of aromatic nitrogens is 1. The molecule has 0 radical (unpaired) electrons. The van der Waals surface area contributed by atoms with Crippen molar-refractivity contribution in [1.82, 2.24) is 4.57 Å². The van der Waals surface area contributed by atoms with Crippen LogP contribution >= 0.6 is 11.3 Å². The zero-order chi connectivity index (χ0) is 28.2. The standard InChI is InChI=1S/C30H20N4O5S/c1-19-7-5-6-10-25(19)32-28(35)24(18-31)30-33(21-8-3-2-4-9-21)29(36)27(40-30)17-23-15-16-26(39-23)20-11-13-22(14-12-20)34(37)38/h2-17H,1H3,(H,32,35)/b27-17-,30-24+. The number of nitro groups is 1. The number of nitriles is 1. The fourth-order valence-electron chi connectivity index (χ4n) is 4.02. The molecule has 1 N–H and O–H groups in total. The first-order valence-corrected chi connectivity index (χ1v) is 12.8. The predicted octanol–water partition coefficient (Wildman–Crippen LogP) is 4.52. The Labute approximate surface area is 231 Å². The summed E-state index contributed by atoms with van der Waals surface area (Å²) < 4.78 is 7.66. The summed E-state index contributed by atoms with van der Waals surface area (Å²) in [6.07, 6.45) is 1.54. The van der Waals surface area contributed by atoms with Crippen molar-refractivity contribution in [2.24, 2.45) is 0 Å². The average Bonchev–Trinajstić information content (AvgIpc) is 3.55. The van der Waals surface area contributed by atoms with Gasteiger partial charge in [-0.1, -0.05) is 36.4 Å². The normalized spacial score (nSPS) is 12.1. The van der Waals surface area contributed by atoms with E-state index in [1.165, 1.54) is 16.7 Å². The molecular weight excluding hydrogens is 528 g/mol. The van der Waals surface area contributed by atoms with Crippen LogP contribution in [-0.4, -0.2) is 15.4 Å². The summed E-state index contributed by atoms with van der Waals surface area (Å²) in [5.41, 5.74) is 1.86. The highest BCUT2D eigenvalue weighted by molar-refractivity contribution is 7.07. The van der Waals surface area contributed by atoms with Crippen molar-refractivity contribution in [3.63, 3.8) is 0 Å². The number of rotatable bonds is 6. The largest absolute Gasteiger partial charge is 0.457 e. The van der Waals surface area contributed by atoms with Crippen molar-refractivity contribution >= 4 is 40.3 Å². The van der Waals surface area contributed by atoms with Gasteiger partial charge in [0.05, 0.1) is 15.1 Å². The molecule has 0 unspecified atom stereocenters. The van der Waals surface area contributed by atoms with Crippen LogP contribution in [0.15, 0.2) is 100 Å². The Balaban J connectivity index is 1.63. The van der Waals surface area contributed by atoms with Gasteiger partial charge in [0, 0.05) is 29.5 Å². The minimum absolute atomic E-state index is 0.0364. The molecule has 0 saturated carbocycles. The number of furan rings is 1. The molecule has 196 valence electrons. The molecule has 1 amide bonds. The number of hydrogen-bond acceptors (Lipinski definition) is 7. The average molecular weight is 549 g/mol. The molecule has 0 aliphatic heterocycles. The summed E-state index contributed by atoms with van der Waals surface area (Å²) in [5.74, 6) is 0.192. The van der Waals surface area contributed by atoms with E-state index in [9.17, 15) is 25.0 Å². The number of anilines is 1. The van der Waals surface area contributed by atoms with Gasteiger partial charge in [-0.25, -0.2) is 0 Å². The molecule has 2 heterocycles. The Morgan fingerprint density at radius 1 is 1.02 bits per heavy atom. The van der Waals surface area contributed by atoms with Crippen molar-refractivity contribution in [2.45, 2.75) is 6.92 Å². The number of carbonyl (C=O) groups excluding carboxylic acids is 1. The Kier molecular flexibility index (Phi) is 7.22. The van der Waals surface area contributed by atoms with E-state index in [4.69, 9.17) is 4.42 Å². The molecule has 3 aromatic carbocycles. The van der Waals surface area contributed by atoms with E-state index < -0.39 is 16.4 Å². The lowest BCUT2D eigenvalue weighted by molar-refractivity contribution is -0.384. The monoisotopic (exact) mass is 548 g/mol. The summed E-state index contributed by atoms with van der Waals surface area (Å²) in [5, 5.41) is 23.7. The smallest absolute Gasteiger partial charge is 0.273 e. The maximum Gasteiger partial charge on any atom is 0.273 e. The Hall–Kier alpha value is -5.53. The fourth-order valence-corrected chi connectivity index (χ4v) is 5.10. The predicted molar refractivity (Wildman–Crippen MR) is 152 cm³/mol. The molecule has 0 atom stereocenters. The molecular formula is C30H20N4O5S. The highest BCUT2D eigenvalue weighted by Gasteiger charge is 2.18. The SMILES string of the molecule is Cc1ccccc1NC(=O)/C(C#N)=c1/s/c(=C\c2ccc(-c3ccc([N+](=O)[O-])cc3)o2)c(=O)n1-c1ccccc1. The molecule has 0 spiro atoms. The van der Waals surface area contributed by atoms with E-state index in [1.54, 1.807) is 72.8 Å². The molecule has 40 heavy (non-hydrogen) atoms. The third-order valence-electron chi connectivity index (χ3n) is 6.05. The molecule has 0 saturated heterocycles. The first-order chi connectivity index (χ1) is 19.4. The van der Waals surface area contributed by atoms with Gasteiger partial charge in [0.15, 0.2) is 5.57 Å². The Bertz CT molecular complexity index is 1960. The highest BCUT2D eigenvalue weighted by atomic mass is 32.1. The molecule has 10 heteroatoms. The fraction of sp³-hybridized carbons (Fsp3) is 0.0333. The van der Waals surface area contributed by atoms with E-state index in [2.05, 4.69) is 5.32 Å². The van der Waals surface area contributed by atoms with Gasteiger partial charge in [0.2, 0.25) is 0 Å². The van der Waals surface area contributed by atoms with Gasteiger partial charge in [-0.05, 0) is 55.0 Å². The number of thiazole rings is 1. The van der Waals surface area contributed by atoms with Crippen LogP contribution in [0.4, 0.5) is 11.4 Å². The first kappa shape index (κ1) is 26.1. The van der Waals surface area contributed by atoms with Crippen molar-refractivity contribution in [2.75, 3.05) is 5.32 Å². The molecule has 2 aromatic heterocycles. The summed E-state index contributed by atoms with van der Waals surface area (Å²) in [7, 11) is 0. The minimum atomic E-state index is -0.632. The number of para-hydroxylation sites is 2. The number of nitro benzene ring substituents is 1. The minimum Gasteiger partial charge on any atom is -0.457 e. The number of nitrogens with one attached hydrogen (secondary N) is 1. The lowest BCUT2D eigenvalue weighted by atomic mass is 10.1. The molecule has 0 aliphatic carbocycles. The van der Waals surface area contributed by atoms with Crippen molar-refractivity contribution in [1.29, 1.82) is 5.26 Å². The summed E-state index contributed by atoms with van der Waals surface area (Å²) in [6.45, 7) is 1.84. The molecule has 5 rings (SSSR count). The third kappa shape index (κ3) is 5.22. The summed E-state index contributed by atoms with van der Waals surface area (Å²) in [6, 6.07) is 27.2. The van der Waals surface area contributed by atoms with Crippen LogP contribution in [-0.2, 0) is 4.79 Å². The molecule has 9 nitrogen and oxygen atoms in total. The van der Waals surface area contributed by atoms with Gasteiger partial charge in [-0.3, -0.25) is 24.3 Å². The van der Waals surface area contributed by atoms with E-state index in [0.29, 0.717) is 28.5 Å². The van der Waals surface area contributed by atoms with Crippen LogP contribution in [0.1, 0.15) is 11.3 Å². The van der Waals surface area contributed by atoms with Crippen LogP contribution in [0.5, 0.6) is 0 Å². The van der Waals surface area contributed by atoms with Crippen LogP contribution in [0.25, 0.3) is 28.7 Å². The van der Waals surface area contributed by atoms with Gasteiger partial charge in [0.1, 0.15) is 22.3 Å². The van der Waals surface area contributed by atoms with Crippen LogP contribution in [0.3, 0.4) is 0 Å². The van der Waals surface area contributed by atoms with Crippen LogP contribution in [0.2, 0.25) is 0 Å². The van der Waals surface area contributed by atoms with E-state index >= 15 is 0 Å². The van der Waals surface area contributed by atoms with Gasteiger partial charge >= 0.3 is 0 Å². The lowest BCUT2D eigenvalue weighted by Crippen LogP contribution is -2.32. The van der Waals surface area contributed by atoms with Gasteiger partial charge in [-0.2, -0.15) is 5.26 Å². The quantitative estimate of drug-likeness (QED) is 0.245. The summed E-state index contributed by atoms with van der Waals surface area (Å²) in [4.78, 5) is 37.3. The maximum atomic E-state index is 13.6. The summed E-state index contributed by atoms with van der Waals surface area (Å²) >= 11 is 1.00. The van der Waals surface area contributed by atoms with Gasteiger partial charge in [0.25, 0.3) is 17.2 Å². The molecule has 0 aliphatic rings. The molecule has 0 fully saturated rings. The number of aryl methyl sites for hydroxylation is 1. The topological polar surface area (TPSA) is 131 Å². The number of hydrogen-bond donors (Lipinski definition) is 1. The molecule has 5 aromatic rings. The second-order valence-corrected chi connectivity index (χ2v) is 9.68. The van der Waals surface area contributed by atoms with Crippen LogP contribution in [0, 0.1) is 28.4 Å². The van der Waals surface area contributed by atoms with Crippen molar-refractivity contribution in [3.8, 4) is 23.1 Å². The Morgan fingerprint density at radius 2 is 1.73 bits per heavy atom. The van der Waals surface area contributed by atoms with E-state index in [-0.39, 0.29) is 20.5 Å². The molecule has 0 bridgehead atoms. The van der Waals surface area contributed by atoms with Crippen LogP contribution < -0.4 is 20.1 Å². The highest BCUT2D eigenvalue weighted by Crippen LogP contribution is 2.24. The maximum absolute atomic E-state index is 13.6. The van der Waals surface area contributed by atoms with Gasteiger partial charge < -0.3 is 9.73 Å². The number of benzene rings is 3. The van der Waals surface area contributed by atoms with Gasteiger partial charge in [-0.15, -0.1) is 11.3 Å². The van der Waals surface area contributed by atoms with E-state index in [1.807, 2.05) is 25.1 Å². The second-order valence-electron chi connectivity index (χ2n) is 8.65. The number of non-ortho nitro benzene ring substituents is 1. The lowest BCUT2D eigenvalue weighted by Gasteiger charge is -2.08. The van der Waals surface area contributed by atoms with E-state index in [0.717, 1.165) is 16.9 Å². The number of amides is 1. The Morgan fingerprint density at radius 3 is 2.40 bits per heavy atom. The van der Waals surface area contributed by atoms with Crippen molar-refractivity contribution < 1.29 is 14.1 Å².